The van der Waals surface area contributed by atoms with E-state index in [2.05, 4.69) is 35.3 Å². The van der Waals surface area contributed by atoms with Crippen LogP contribution in [0.1, 0.15) is 29.0 Å². The summed E-state index contributed by atoms with van der Waals surface area (Å²) in [4.78, 5) is 9.89. The summed E-state index contributed by atoms with van der Waals surface area (Å²) >= 11 is 3.42. The van der Waals surface area contributed by atoms with E-state index in [9.17, 15) is 0 Å². The fourth-order valence-corrected chi connectivity index (χ4v) is 4.11. The maximum atomic E-state index is 6.26. The van der Waals surface area contributed by atoms with Crippen LogP contribution < -0.4 is 5.73 Å². The van der Waals surface area contributed by atoms with Crippen molar-refractivity contribution in [1.29, 1.82) is 0 Å². The fraction of sp³-hybridized carbons (Fsp3) is 0.385. The minimum Gasteiger partial charge on any atom is -0.326 e. The molecule has 5 heteroatoms. The highest BCUT2D eigenvalue weighted by Crippen LogP contribution is 2.40. The van der Waals surface area contributed by atoms with Gasteiger partial charge in [-0.2, -0.15) is 0 Å². The van der Waals surface area contributed by atoms with Crippen LogP contribution in [0.25, 0.3) is 0 Å². The minimum absolute atomic E-state index is 0.121. The summed E-state index contributed by atoms with van der Waals surface area (Å²) in [5.41, 5.74) is 7.56. The highest BCUT2D eigenvalue weighted by molar-refractivity contribution is 7.99. The zero-order valence-electron chi connectivity index (χ0n) is 10.5. The lowest BCUT2D eigenvalue weighted by atomic mass is 10.1. The van der Waals surface area contributed by atoms with Crippen LogP contribution in [-0.2, 0) is 0 Å². The third kappa shape index (κ3) is 3.10. The largest absolute Gasteiger partial charge is 0.326 e. The van der Waals surface area contributed by atoms with Crippen molar-refractivity contribution in [3.8, 4) is 0 Å². The van der Waals surface area contributed by atoms with Crippen molar-refractivity contribution in [1.82, 2.24) is 9.97 Å². The molecule has 0 fully saturated rings. The molecule has 2 heterocycles. The normalized spacial score (nSPS) is 14.4. The second-order valence-corrected chi connectivity index (χ2v) is 6.17. The molecule has 0 aromatic carbocycles. The highest BCUT2D eigenvalue weighted by Gasteiger charge is 2.23. The van der Waals surface area contributed by atoms with Crippen LogP contribution in [-0.4, -0.2) is 16.0 Å². The first-order chi connectivity index (χ1) is 8.72. The van der Waals surface area contributed by atoms with Crippen LogP contribution >= 0.6 is 23.1 Å². The van der Waals surface area contributed by atoms with E-state index in [-0.39, 0.29) is 11.3 Å². The van der Waals surface area contributed by atoms with E-state index >= 15 is 0 Å². The molecular formula is C13H17N3S2. The zero-order valence-corrected chi connectivity index (χ0v) is 12.2. The molecule has 0 spiro atoms. The Hall–Kier alpha value is -0.910. The lowest BCUT2D eigenvalue weighted by Crippen LogP contribution is -2.25. The molecule has 96 valence electrons. The van der Waals surface area contributed by atoms with Gasteiger partial charge in [-0.05, 0) is 36.4 Å². The molecule has 3 nitrogen and oxygen atoms in total. The van der Waals surface area contributed by atoms with Gasteiger partial charge in [0.1, 0.15) is 0 Å². The smallest absolute Gasteiger partial charge is 0.188 e. The van der Waals surface area contributed by atoms with E-state index in [1.807, 2.05) is 6.07 Å². The van der Waals surface area contributed by atoms with Gasteiger partial charge in [0, 0.05) is 23.3 Å². The van der Waals surface area contributed by atoms with E-state index in [1.54, 1.807) is 35.5 Å². The average Bonchev–Trinajstić information content (AvgIpc) is 2.82. The van der Waals surface area contributed by atoms with E-state index in [0.29, 0.717) is 0 Å². The number of rotatable bonds is 5. The first-order valence-electron chi connectivity index (χ1n) is 5.95. The predicted molar refractivity (Wildman–Crippen MR) is 78.0 cm³/mol. The van der Waals surface area contributed by atoms with Gasteiger partial charge in [-0.1, -0.05) is 18.7 Å². The lowest BCUT2D eigenvalue weighted by Gasteiger charge is -2.21. The van der Waals surface area contributed by atoms with Crippen molar-refractivity contribution >= 4 is 23.1 Å². The molecular weight excluding hydrogens is 262 g/mol. The Labute approximate surface area is 116 Å². The standard InChI is InChI=1S/C13H17N3S2/c1-3-10(14)12(11-9(2)5-8-17-11)18-13-15-6-4-7-16-13/h4-8,10,12H,3,14H2,1-2H3. The van der Waals surface area contributed by atoms with Crippen LogP contribution in [0.2, 0.25) is 0 Å². The van der Waals surface area contributed by atoms with Crippen molar-refractivity contribution < 1.29 is 0 Å². The van der Waals surface area contributed by atoms with Gasteiger partial charge in [0.05, 0.1) is 5.25 Å². The SMILES string of the molecule is CCC(N)C(Sc1ncccn1)c1sccc1C. The van der Waals surface area contributed by atoms with Gasteiger partial charge < -0.3 is 5.73 Å². The number of nitrogens with two attached hydrogens (primary N) is 1. The monoisotopic (exact) mass is 279 g/mol. The molecule has 0 aliphatic heterocycles. The third-order valence-corrected chi connectivity index (χ3v) is 5.31. The third-order valence-electron chi connectivity index (χ3n) is 2.79. The van der Waals surface area contributed by atoms with Gasteiger partial charge in [-0.3, -0.25) is 0 Å². The molecule has 2 unspecified atom stereocenters. The number of aromatic nitrogens is 2. The summed E-state index contributed by atoms with van der Waals surface area (Å²) in [5, 5.41) is 3.14. The Morgan fingerprint density at radius 3 is 2.67 bits per heavy atom. The first kappa shape index (κ1) is 13.5. The number of thiophene rings is 1. The molecule has 0 saturated carbocycles. The van der Waals surface area contributed by atoms with E-state index in [4.69, 9.17) is 5.73 Å². The van der Waals surface area contributed by atoms with Gasteiger partial charge in [-0.25, -0.2) is 9.97 Å². The van der Waals surface area contributed by atoms with Gasteiger partial charge in [0.15, 0.2) is 5.16 Å². The zero-order chi connectivity index (χ0) is 13.0. The molecule has 0 radical (unpaired) electrons. The Morgan fingerprint density at radius 1 is 1.39 bits per heavy atom. The Kier molecular flexibility index (Phi) is 4.74. The lowest BCUT2D eigenvalue weighted by molar-refractivity contribution is 0.636. The maximum absolute atomic E-state index is 6.26. The molecule has 0 aliphatic rings. The summed E-state index contributed by atoms with van der Waals surface area (Å²) in [6.07, 6.45) is 4.48. The fourth-order valence-electron chi connectivity index (χ4n) is 1.69. The summed E-state index contributed by atoms with van der Waals surface area (Å²) in [7, 11) is 0. The molecule has 0 bridgehead atoms. The molecule has 18 heavy (non-hydrogen) atoms. The summed E-state index contributed by atoms with van der Waals surface area (Å²) in [6.45, 7) is 4.25. The summed E-state index contributed by atoms with van der Waals surface area (Å²) in [6, 6.07) is 4.09. The van der Waals surface area contributed by atoms with E-state index in [1.165, 1.54) is 10.4 Å². The van der Waals surface area contributed by atoms with E-state index < -0.39 is 0 Å². The minimum atomic E-state index is 0.121. The molecule has 2 N–H and O–H groups in total. The van der Waals surface area contributed by atoms with Crippen LogP contribution in [0.3, 0.4) is 0 Å². The average molecular weight is 279 g/mol. The molecule has 2 atom stereocenters. The molecule has 0 aliphatic carbocycles. The Balaban J connectivity index is 2.24. The second kappa shape index (κ2) is 6.31. The number of hydrogen-bond acceptors (Lipinski definition) is 5. The van der Waals surface area contributed by atoms with Crippen molar-refractivity contribution in [3.05, 3.63) is 40.3 Å². The number of nitrogens with zero attached hydrogens (tertiary/aromatic N) is 2. The van der Waals surface area contributed by atoms with Gasteiger partial charge in [0.25, 0.3) is 0 Å². The van der Waals surface area contributed by atoms with Crippen molar-refractivity contribution in [2.75, 3.05) is 0 Å². The Morgan fingerprint density at radius 2 is 2.11 bits per heavy atom. The van der Waals surface area contributed by atoms with E-state index in [0.717, 1.165) is 11.6 Å². The second-order valence-electron chi connectivity index (χ2n) is 4.11. The number of thioether (sulfide) groups is 1. The van der Waals surface area contributed by atoms with Crippen LogP contribution in [0.4, 0.5) is 0 Å². The van der Waals surface area contributed by atoms with Crippen molar-refractivity contribution in [3.63, 3.8) is 0 Å². The first-order valence-corrected chi connectivity index (χ1v) is 7.71. The predicted octanol–water partition coefficient (Wildman–Crippen LogP) is 3.42. The van der Waals surface area contributed by atoms with Crippen LogP contribution in [0, 0.1) is 6.92 Å². The summed E-state index contributed by atoms with van der Waals surface area (Å²) < 4.78 is 0. The van der Waals surface area contributed by atoms with Gasteiger partial charge in [0.2, 0.25) is 0 Å². The molecule has 2 aromatic heterocycles. The van der Waals surface area contributed by atoms with Crippen LogP contribution in [0.15, 0.2) is 35.1 Å². The van der Waals surface area contributed by atoms with Crippen molar-refractivity contribution in [2.45, 2.75) is 36.7 Å². The van der Waals surface area contributed by atoms with Crippen molar-refractivity contribution in [2.24, 2.45) is 5.73 Å². The molecule has 2 aromatic rings. The summed E-state index contributed by atoms with van der Waals surface area (Å²) in [5.74, 6) is 0. The number of hydrogen-bond donors (Lipinski definition) is 1. The maximum Gasteiger partial charge on any atom is 0.188 e. The van der Waals surface area contributed by atoms with Gasteiger partial charge >= 0.3 is 0 Å². The van der Waals surface area contributed by atoms with Crippen LogP contribution in [0.5, 0.6) is 0 Å². The highest BCUT2D eigenvalue weighted by atomic mass is 32.2. The van der Waals surface area contributed by atoms with Gasteiger partial charge in [-0.15, -0.1) is 11.3 Å². The molecule has 0 saturated heterocycles. The molecule has 2 rings (SSSR count). The Bertz CT molecular complexity index is 484. The number of aryl methyl sites for hydroxylation is 1. The topological polar surface area (TPSA) is 51.8 Å². The molecule has 0 amide bonds. The quantitative estimate of drug-likeness (QED) is 0.673.